The first-order chi connectivity index (χ1) is 8.75. The fraction of sp³-hybridized carbons (Fsp3) is 0.833. The number of halogens is 3. The standard InChI is InChI=1S/C12H18F3NO3/c13-12(14,15)6-3-7-16-9(17)8-11(10(18)19)4-1-2-5-11/h1-8H2,(H,16,17)(H,18,19). The predicted molar refractivity (Wildman–Crippen MR) is 61.5 cm³/mol. The van der Waals surface area contributed by atoms with Gasteiger partial charge in [0.25, 0.3) is 0 Å². The van der Waals surface area contributed by atoms with Crippen molar-refractivity contribution in [3.05, 3.63) is 0 Å². The van der Waals surface area contributed by atoms with Gasteiger partial charge in [-0.3, -0.25) is 9.59 Å². The third kappa shape index (κ3) is 5.08. The van der Waals surface area contributed by atoms with Gasteiger partial charge in [-0.25, -0.2) is 0 Å². The molecule has 1 saturated carbocycles. The topological polar surface area (TPSA) is 66.4 Å². The number of hydrogen-bond donors (Lipinski definition) is 2. The van der Waals surface area contributed by atoms with Gasteiger partial charge in [0.05, 0.1) is 5.41 Å². The Labute approximate surface area is 109 Å². The van der Waals surface area contributed by atoms with E-state index in [0.717, 1.165) is 12.8 Å². The molecule has 0 atom stereocenters. The number of aliphatic carboxylic acids is 1. The molecule has 0 unspecified atom stereocenters. The van der Waals surface area contributed by atoms with Gasteiger partial charge in [-0.05, 0) is 19.3 Å². The van der Waals surface area contributed by atoms with Gasteiger partial charge in [0.2, 0.25) is 5.91 Å². The van der Waals surface area contributed by atoms with Crippen LogP contribution in [0.5, 0.6) is 0 Å². The number of carbonyl (C=O) groups excluding carboxylic acids is 1. The molecule has 0 heterocycles. The number of hydrogen-bond acceptors (Lipinski definition) is 2. The highest BCUT2D eigenvalue weighted by atomic mass is 19.4. The summed E-state index contributed by atoms with van der Waals surface area (Å²) in [6.45, 7) is -0.0754. The third-order valence-corrected chi connectivity index (χ3v) is 3.47. The summed E-state index contributed by atoms with van der Waals surface area (Å²) in [5, 5.41) is 11.5. The molecule has 1 aliphatic rings. The van der Waals surface area contributed by atoms with Gasteiger partial charge in [-0.15, -0.1) is 0 Å². The molecule has 2 N–H and O–H groups in total. The molecule has 19 heavy (non-hydrogen) atoms. The number of carbonyl (C=O) groups is 2. The molecule has 1 fully saturated rings. The number of amides is 1. The second-order valence-electron chi connectivity index (χ2n) is 5.04. The summed E-state index contributed by atoms with van der Waals surface area (Å²) in [5.41, 5.74) is -1.02. The van der Waals surface area contributed by atoms with Gasteiger partial charge in [-0.2, -0.15) is 13.2 Å². The van der Waals surface area contributed by atoms with E-state index in [-0.39, 0.29) is 19.4 Å². The van der Waals surface area contributed by atoms with Crippen molar-refractivity contribution < 1.29 is 27.9 Å². The second kappa shape index (κ2) is 6.25. The summed E-state index contributed by atoms with van der Waals surface area (Å²) in [5.74, 6) is -1.47. The van der Waals surface area contributed by atoms with Crippen molar-refractivity contribution in [1.82, 2.24) is 5.32 Å². The number of carboxylic acid groups (broad SMARTS) is 1. The van der Waals surface area contributed by atoms with E-state index < -0.39 is 29.9 Å². The number of carboxylic acids is 1. The van der Waals surface area contributed by atoms with Gasteiger partial charge < -0.3 is 10.4 Å². The van der Waals surface area contributed by atoms with E-state index >= 15 is 0 Å². The smallest absolute Gasteiger partial charge is 0.389 e. The fourth-order valence-electron chi connectivity index (χ4n) is 2.40. The molecule has 0 aromatic rings. The molecule has 0 radical (unpaired) electrons. The molecule has 0 saturated heterocycles. The van der Waals surface area contributed by atoms with Crippen molar-refractivity contribution >= 4 is 11.9 Å². The Morgan fingerprint density at radius 3 is 2.26 bits per heavy atom. The van der Waals surface area contributed by atoms with E-state index in [9.17, 15) is 22.8 Å². The van der Waals surface area contributed by atoms with E-state index in [4.69, 9.17) is 5.11 Å². The molecule has 1 rings (SSSR count). The van der Waals surface area contributed by atoms with Gasteiger partial charge in [0, 0.05) is 19.4 Å². The van der Waals surface area contributed by atoms with Crippen LogP contribution in [0.1, 0.15) is 44.9 Å². The molecule has 0 aromatic carbocycles. The van der Waals surface area contributed by atoms with Crippen LogP contribution in [0.3, 0.4) is 0 Å². The van der Waals surface area contributed by atoms with Crippen LogP contribution < -0.4 is 5.32 Å². The van der Waals surface area contributed by atoms with Crippen LogP contribution in [-0.4, -0.2) is 29.7 Å². The zero-order valence-electron chi connectivity index (χ0n) is 10.6. The normalized spacial score (nSPS) is 18.3. The first kappa shape index (κ1) is 15.8. The average Bonchev–Trinajstić information content (AvgIpc) is 2.73. The first-order valence-corrected chi connectivity index (χ1v) is 6.32. The lowest BCUT2D eigenvalue weighted by Crippen LogP contribution is -2.36. The first-order valence-electron chi connectivity index (χ1n) is 6.32. The van der Waals surface area contributed by atoms with E-state index in [1.54, 1.807) is 0 Å². The molecule has 0 spiro atoms. The zero-order chi connectivity index (χ0) is 14.5. The monoisotopic (exact) mass is 281 g/mol. The van der Waals surface area contributed by atoms with Crippen LogP contribution in [0.4, 0.5) is 13.2 Å². The molecule has 0 bridgehead atoms. The maximum atomic E-state index is 11.9. The minimum absolute atomic E-state index is 0.0754. The lowest BCUT2D eigenvalue weighted by atomic mass is 9.82. The second-order valence-corrected chi connectivity index (χ2v) is 5.04. The van der Waals surface area contributed by atoms with E-state index in [1.165, 1.54) is 0 Å². The van der Waals surface area contributed by atoms with Crippen LogP contribution in [0.25, 0.3) is 0 Å². The molecular weight excluding hydrogens is 263 g/mol. The van der Waals surface area contributed by atoms with Crippen LogP contribution in [-0.2, 0) is 9.59 Å². The summed E-state index contributed by atoms with van der Waals surface area (Å²) >= 11 is 0. The fourth-order valence-corrected chi connectivity index (χ4v) is 2.40. The average molecular weight is 281 g/mol. The van der Waals surface area contributed by atoms with Crippen molar-refractivity contribution in [2.75, 3.05) is 6.54 Å². The zero-order valence-corrected chi connectivity index (χ0v) is 10.6. The molecule has 1 aliphatic carbocycles. The number of alkyl halides is 3. The minimum atomic E-state index is -4.22. The molecular formula is C12H18F3NO3. The third-order valence-electron chi connectivity index (χ3n) is 3.47. The van der Waals surface area contributed by atoms with Crippen LogP contribution in [0, 0.1) is 5.41 Å². The van der Waals surface area contributed by atoms with E-state index in [0.29, 0.717) is 12.8 Å². The largest absolute Gasteiger partial charge is 0.481 e. The van der Waals surface area contributed by atoms with Crippen LogP contribution in [0.15, 0.2) is 0 Å². The summed E-state index contributed by atoms with van der Waals surface area (Å²) in [6, 6.07) is 0. The molecule has 4 nitrogen and oxygen atoms in total. The Balaban J connectivity index is 2.32. The van der Waals surface area contributed by atoms with E-state index in [1.807, 2.05) is 0 Å². The van der Waals surface area contributed by atoms with Crippen LogP contribution >= 0.6 is 0 Å². The van der Waals surface area contributed by atoms with Gasteiger partial charge in [0.1, 0.15) is 0 Å². The van der Waals surface area contributed by atoms with Gasteiger partial charge in [0.15, 0.2) is 0 Å². The Kier molecular flexibility index (Phi) is 5.20. The summed E-state index contributed by atoms with van der Waals surface area (Å²) in [7, 11) is 0. The molecule has 110 valence electrons. The molecule has 0 aromatic heterocycles. The quantitative estimate of drug-likeness (QED) is 0.735. The Hall–Kier alpha value is -1.27. The van der Waals surface area contributed by atoms with Crippen molar-refractivity contribution in [3.63, 3.8) is 0 Å². The molecule has 1 amide bonds. The Morgan fingerprint density at radius 2 is 1.79 bits per heavy atom. The predicted octanol–water partition coefficient (Wildman–Crippen LogP) is 2.48. The van der Waals surface area contributed by atoms with Crippen molar-refractivity contribution in [2.45, 2.75) is 51.1 Å². The van der Waals surface area contributed by atoms with Crippen LogP contribution in [0.2, 0.25) is 0 Å². The molecule has 0 aliphatic heterocycles. The summed E-state index contributed by atoms with van der Waals surface area (Å²) in [4.78, 5) is 22.8. The highest BCUT2D eigenvalue weighted by molar-refractivity contribution is 5.85. The highest BCUT2D eigenvalue weighted by Gasteiger charge is 2.42. The maximum Gasteiger partial charge on any atom is 0.389 e. The molecule has 7 heteroatoms. The van der Waals surface area contributed by atoms with E-state index in [2.05, 4.69) is 5.32 Å². The number of rotatable bonds is 6. The highest BCUT2D eigenvalue weighted by Crippen LogP contribution is 2.41. The lowest BCUT2D eigenvalue weighted by Gasteiger charge is -2.22. The maximum absolute atomic E-state index is 11.9. The SMILES string of the molecule is O=C(CC1(C(=O)O)CCCC1)NCCCC(F)(F)F. The minimum Gasteiger partial charge on any atom is -0.481 e. The number of nitrogens with one attached hydrogen (secondary N) is 1. The lowest BCUT2D eigenvalue weighted by molar-refractivity contribution is -0.151. The van der Waals surface area contributed by atoms with Crippen molar-refractivity contribution in [3.8, 4) is 0 Å². The van der Waals surface area contributed by atoms with Crippen molar-refractivity contribution in [2.24, 2.45) is 5.41 Å². The van der Waals surface area contributed by atoms with Gasteiger partial charge in [-0.1, -0.05) is 12.8 Å². The summed E-state index contributed by atoms with van der Waals surface area (Å²) < 4.78 is 35.7. The van der Waals surface area contributed by atoms with Gasteiger partial charge >= 0.3 is 12.1 Å². The van der Waals surface area contributed by atoms with Crippen molar-refractivity contribution in [1.29, 1.82) is 0 Å². The Bertz CT molecular complexity index is 336. The summed E-state index contributed by atoms with van der Waals surface area (Å²) in [6.07, 6.45) is -3.04. The Morgan fingerprint density at radius 1 is 1.21 bits per heavy atom.